The van der Waals surface area contributed by atoms with Crippen molar-refractivity contribution in [3.05, 3.63) is 29.3 Å². The van der Waals surface area contributed by atoms with Gasteiger partial charge in [-0.05, 0) is 22.5 Å². The second-order valence-corrected chi connectivity index (χ2v) is 10.4. The van der Waals surface area contributed by atoms with E-state index in [1.54, 1.807) is 20.8 Å². The van der Waals surface area contributed by atoms with Crippen molar-refractivity contribution >= 4 is 10.1 Å². The molecule has 0 amide bonds. The van der Waals surface area contributed by atoms with Crippen molar-refractivity contribution in [2.75, 3.05) is 0 Å². The zero-order valence-corrected chi connectivity index (χ0v) is 18.2. The number of rotatable bonds is 6. The van der Waals surface area contributed by atoms with Gasteiger partial charge in [-0.15, -0.1) is 0 Å². The molecule has 0 aliphatic carbocycles. The smallest absolute Gasteiger partial charge is 0.428 e. The molecule has 0 radical (unpaired) electrons. The summed E-state index contributed by atoms with van der Waals surface area (Å²) in [6, 6.07) is 3.31. The third-order valence-electron chi connectivity index (χ3n) is 4.34. The minimum Gasteiger partial charge on any atom is -0.428 e. The Morgan fingerprint density at radius 3 is 1.58 bits per heavy atom. The summed E-state index contributed by atoms with van der Waals surface area (Å²) in [4.78, 5) is 0. The van der Waals surface area contributed by atoms with E-state index in [2.05, 4.69) is 4.74 Å². The van der Waals surface area contributed by atoms with E-state index in [-0.39, 0.29) is 5.56 Å². The number of halogens is 8. The number of alkyl halides is 8. The fourth-order valence-electron chi connectivity index (χ4n) is 2.40. The van der Waals surface area contributed by atoms with Crippen molar-refractivity contribution in [2.45, 2.75) is 75.6 Å². The summed E-state index contributed by atoms with van der Waals surface area (Å²) in [6.45, 7) is 9.65. The highest BCUT2D eigenvalue weighted by atomic mass is 32.2. The third-order valence-corrected chi connectivity index (χ3v) is 5.25. The first kappa shape index (κ1) is 27.4. The molecule has 0 bridgehead atoms. The first-order valence-electron chi connectivity index (χ1n) is 8.63. The van der Waals surface area contributed by atoms with Crippen LogP contribution in [0.3, 0.4) is 0 Å². The molecule has 0 saturated heterocycles. The Balaban J connectivity index is 3.61. The first-order chi connectivity index (χ1) is 13.3. The molecule has 0 aliphatic heterocycles. The number of hydrogen-bond donors (Lipinski definition) is 1. The van der Waals surface area contributed by atoms with Crippen molar-refractivity contribution in [3.63, 3.8) is 0 Å². The van der Waals surface area contributed by atoms with Gasteiger partial charge in [-0.1, -0.05) is 53.7 Å². The van der Waals surface area contributed by atoms with Crippen LogP contribution in [-0.2, 0) is 20.9 Å². The van der Waals surface area contributed by atoms with E-state index in [9.17, 15) is 43.5 Å². The quantitative estimate of drug-likeness (QED) is 0.396. The summed E-state index contributed by atoms with van der Waals surface area (Å²) in [6.07, 6.45) is -6.30. The van der Waals surface area contributed by atoms with E-state index in [1.165, 1.54) is 32.9 Å². The summed E-state index contributed by atoms with van der Waals surface area (Å²) in [5, 5.41) is -6.93. The molecule has 1 rings (SSSR count). The van der Waals surface area contributed by atoms with Gasteiger partial charge in [-0.25, -0.2) is 0 Å². The maximum atomic E-state index is 14.1. The summed E-state index contributed by atoms with van der Waals surface area (Å²) >= 11 is 0. The van der Waals surface area contributed by atoms with Crippen LogP contribution in [0.5, 0.6) is 5.75 Å². The van der Waals surface area contributed by atoms with Crippen LogP contribution in [-0.4, -0.2) is 36.2 Å². The lowest BCUT2D eigenvalue weighted by Gasteiger charge is -2.36. The lowest BCUT2D eigenvalue weighted by Crippen LogP contribution is -2.65. The van der Waals surface area contributed by atoms with Crippen molar-refractivity contribution in [1.29, 1.82) is 0 Å². The molecule has 0 atom stereocenters. The van der Waals surface area contributed by atoms with Crippen LogP contribution in [0.15, 0.2) is 18.2 Å². The molecule has 180 valence electrons. The monoisotopic (exact) mass is 486 g/mol. The number of hydrogen-bond acceptors (Lipinski definition) is 3. The van der Waals surface area contributed by atoms with E-state index in [1.807, 2.05) is 0 Å². The molecule has 1 aromatic carbocycles. The average Bonchev–Trinajstić information content (AvgIpc) is 2.51. The standard InChI is InChI=1S/C18H22F8O4S/c1-13(2,3)10-7-8-12(11(9-10)14(4,5)6)30-17(23,24)15(19,20)16(21,22)18(25,26)31(27,28)29/h7-9H,1-6H3,(H,27,28,29). The van der Waals surface area contributed by atoms with E-state index >= 15 is 0 Å². The minimum absolute atomic E-state index is 0.125. The van der Waals surface area contributed by atoms with Crippen LogP contribution in [0.1, 0.15) is 52.7 Å². The fourth-order valence-corrected chi connectivity index (χ4v) is 2.85. The Morgan fingerprint density at radius 1 is 0.774 bits per heavy atom. The Hall–Kier alpha value is -1.63. The highest BCUT2D eigenvalue weighted by Crippen LogP contribution is 2.54. The molecule has 0 heterocycles. The van der Waals surface area contributed by atoms with Gasteiger partial charge >= 0.3 is 33.3 Å². The SMILES string of the molecule is CC(C)(C)c1ccc(OC(F)(F)C(F)(F)C(F)(F)C(F)(F)S(=O)(=O)O)c(C(C)(C)C)c1. The molecule has 4 nitrogen and oxygen atoms in total. The van der Waals surface area contributed by atoms with Crippen LogP contribution in [0.25, 0.3) is 0 Å². The van der Waals surface area contributed by atoms with E-state index in [4.69, 9.17) is 4.55 Å². The van der Waals surface area contributed by atoms with Gasteiger partial charge in [0.2, 0.25) is 0 Å². The largest absolute Gasteiger partial charge is 0.471 e. The molecule has 0 aliphatic rings. The van der Waals surface area contributed by atoms with E-state index in [0.29, 0.717) is 5.56 Å². The molecule has 0 spiro atoms. The molecule has 1 N–H and O–H groups in total. The summed E-state index contributed by atoms with van der Waals surface area (Å²) < 4.78 is 143. The van der Waals surface area contributed by atoms with Crippen molar-refractivity contribution in [3.8, 4) is 5.75 Å². The Kier molecular flexibility index (Phi) is 6.60. The third kappa shape index (κ3) is 4.76. The zero-order valence-electron chi connectivity index (χ0n) is 17.3. The predicted octanol–water partition coefficient (Wildman–Crippen LogP) is 6.00. The van der Waals surface area contributed by atoms with Gasteiger partial charge in [-0.2, -0.15) is 43.5 Å². The van der Waals surface area contributed by atoms with Gasteiger partial charge in [0.15, 0.2) is 0 Å². The van der Waals surface area contributed by atoms with Crippen molar-refractivity contribution < 1.29 is 52.8 Å². The van der Waals surface area contributed by atoms with E-state index < -0.39 is 49.9 Å². The van der Waals surface area contributed by atoms with E-state index in [0.717, 1.165) is 6.07 Å². The molecule has 0 unspecified atom stereocenters. The van der Waals surface area contributed by atoms with Crippen LogP contribution in [0.4, 0.5) is 35.1 Å². The summed E-state index contributed by atoms with van der Waals surface area (Å²) in [5.41, 5.74) is -1.15. The molecular formula is C18H22F8O4S. The van der Waals surface area contributed by atoms with Gasteiger partial charge < -0.3 is 4.74 Å². The van der Waals surface area contributed by atoms with Crippen LogP contribution >= 0.6 is 0 Å². The Bertz CT molecular complexity index is 929. The first-order valence-corrected chi connectivity index (χ1v) is 10.1. The highest BCUT2D eigenvalue weighted by Gasteiger charge is 2.86. The fraction of sp³-hybridized carbons (Fsp3) is 0.667. The van der Waals surface area contributed by atoms with Gasteiger partial charge in [0.1, 0.15) is 5.75 Å². The molecule has 13 heteroatoms. The topological polar surface area (TPSA) is 63.6 Å². The summed E-state index contributed by atoms with van der Waals surface area (Å²) in [5.74, 6) is -15.3. The second kappa shape index (κ2) is 7.46. The summed E-state index contributed by atoms with van der Waals surface area (Å²) in [7, 11) is -7.18. The lowest BCUT2D eigenvalue weighted by atomic mass is 9.80. The molecular weight excluding hydrogens is 464 g/mol. The predicted molar refractivity (Wildman–Crippen MR) is 95.8 cm³/mol. The minimum atomic E-state index is -7.23. The number of ether oxygens (including phenoxy) is 1. The zero-order chi connectivity index (χ0) is 25.1. The molecule has 0 saturated carbocycles. The highest BCUT2D eigenvalue weighted by molar-refractivity contribution is 7.87. The van der Waals surface area contributed by atoms with Crippen LogP contribution in [0, 0.1) is 0 Å². The molecule has 0 aromatic heterocycles. The van der Waals surface area contributed by atoms with Gasteiger partial charge in [0.25, 0.3) is 0 Å². The number of benzene rings is 1. The maximum Gasteiger partial charge on any atom is 0.471 e. The van der Waals surface area contributed by atoms with Gasteiger partial charge in [-0.3, -0.25) is 4.55 Å². The van der Waals surface area contributed by atoms with Crippen LogP contribution in [0.2, 0.25) is 0 Å². The lowest BCUT2D eigenvalue weighted by molar-refractivity contribution is -0.396. The van der Waals surface area contributed by atoms with Crippen molar-refractivity contribution in [2.24, 2.45) is 0 Å². The van der Waals surface area contributed by atoms with Gasteiger partial charge in [0.05, 0.1) is 0 Å². The Labute approximate surface area is 174 Å². The second-order valence-electron chi connectivity index (χ2n) is 8.97. The maximum absolute atomic E-state index is 14.1. The molecule has 1 aromatic rings. The van der Waals surface area contributed by atoms with Crippen LogP contribution < -0.4 is 4.74 Å². The van der Waals surface area contributed by atoms with Gasteiger partial charge in [0, 0.05) is 5.56 Å². The normalized spacial score (nSPS) is 15.2. The average molecular weight is 486 g/mol. The molecule has 31 heavy (non-hydrogen) atoms. The Morgan fingerprint density at radius 2 is 1.23 bits per heavy atom. The molecule has 0 fully saturated rings. The van der Waals surface area contributed by atoms with Crippen molar-refractivity contribution in [1.82, 2.24) is 0 Å².